The molecule has 21 heavy (non-hydrogen) atoms. The van der Waals surface area contributed by atoms with Crippen LogP contribution in [0.3, 0.4) is 0 Å². The van der Waals surface area contributed by atoms with E-state index in [1.165, 1.54) is 0 Å². The summed E-state index contributed by atoms with van der Waals surface area (Å²) < 4.78 is 25.0. The van der Waals surface area contributed by atoms with Crippen molar-refractivity contribution in [3.05, 3.63) is 29.0 Å². The second-order valence-electron chi connectivity index (χ2n) is 5.36. The van der Waals surface area contributed by atoms with Gasteiger partial charge < -0.3 is 9.88 Å². The van der Waals surface area contributed by atoms with Gasteiger partial charge in [-0.25, -0.2) is 13.4 Å². The lowest BCUT2D eigenvalue weighted by atomic mass is 10.2. The zero-order chi connectivity index (χ0) is 15.0. The number of imidazole rings is 1. The average molecular weight is 328 g/mol. The molecular weight excluding hydrogens is 310 g/mol. The van der Waals surface area contributed by atoms with E-state index in [4.69, 9.17) is 11.6 Å². The Hall–Kier alpha value is -1.11. The van der Waals surface area contributed by atoms with Crippen LogP contribution in [-0.2, 0) is 22.9 Å². The fraction of sp³-hybridized carbons (Fsp3) is 0.500. The van der Waals surface area contributed by atoms with Crippen LogP contribution < -0.4 is 5.32 Å². The van der Waals surface area contributed by atoms with E-state index in [0.717, 1.165) is 23.4 Å². The van der Waals surface area contributed by atoms with Gasteiger partial charge in [-0.3, -0.25) is 0 Å². The van der Waals surface area contributed by atoms with Gasteiger partial charge in [0.1, 0.15) is 5.82 Å². The average Bonchev–Trinajstić information content (AvgIpc) is 2.97. The van der Waals surface area contributed by atoms with Gasteiger partial charge in [0.15, 0.2) is 9.84 Å². The first-order valence-electron chi connectivity index (χ1n) is 7.07. The second-order valence-corrected chi connectivity index (χ2v) is 8.00. The summed E-state index contributed by atoms with van der Waals surface area (Å²) in [7, 11) is -2.86. The van der Waals surface area contributed by atoms with Gasteiger partial charge in [-0.1, -0.05) is 17.7 Å². The van der Waals surface area contributed by atoms with Crippen molar-refractivity contribution in [2.45, 2.75) is 32.5 Å². The van der Waals surface area contributed by atoms with Gasteiger partial charge in [0.25, 0.3) is 0 Å². The molecule has 0 spiro atoms. The highest BCUT2D eigenvalue weighted by atomic mass is 35.5. The SMILES string of the molecule is CCn1c(CNC2CCS(=O)(=O)C2)nc2cccc(Cl)c21. The molecule has 3 rings (SSSR count). The number of nitrogens with zero attached hydrogens (tertiary/aromatic N) is 2. The van der Waals surface area contributed by atoms with Crippen molar-refractivity contribution in [2.24, 2.45) is 0 Å². The van der Waals surface area contributed by atoms with Crippen LogP contribution in [0.25, 0.3) is 11.0 Å². The van der Waals surface area contributed by atoms with Gasteiger partial charge in [0.2, 0.25) is 0 Å². The van der Waals surface area contributed by atoms with Gasteiger partial charge in [0.05, 0.1) is 34.1 Å². The summed E-state index contributed by atoms with van der Waals surface area (Å²) in [6, 6.07) is 5.71. The summed E-state index contributed by atoms with van der Waals surface area (Å²) in [5, 5.41) is 3.99. The summed E-state index contributed by atoms with van der Waals surface area (Å²) in [6.07, 6.45) is 0.676. The molecule has 1 aliphatic heterocycles. The van der Waals surface area contributed by atoms with Crippen molar-refractivity contribution in [3.63, 3.8) is 0 Å². The highest BCUT2D eigenvalue weighted by Crippen LogP contribution is 2.24. The van der Waals surface area contributed by atoms with E-state index in [9.17, 15) is 8.42 Å². The standard InChI is InChI=1S/C14H18ClN3O2S/c1-2-18-13(8-16-10-6-7-21(19,20)9-10)17-12-5-3-4-11(15)14(12)18/h3-5,10,16H,2,6-9H2,1H3. The first kappa shape index (κ1) is 14.8. The van der Waals surface area contributed by atoms with Gasteiger partial charge in [-0.05, 0) is 25.5 Å². The highest BCUT2D eigenvalue weighted by Gasteiger charge is 2.27. The molecule has 0 saturated carbocycles. The molecular formula is C14H18ClN3O2S. The Bertz CT molecular complexity index is 770. The van der Waals surface area contributed by atoms with Crippen LogP contribution in [0.4, 0.5) is 0 Å². The lowest BCUT2D eigenvalue weighted by molar-refractivity contribution is 0.529. The third-order valence-electron chi connectivity index (χ3n) is 3.89. The molecule has 1 aliphatic rings. The second kappa shape index (κ2) is 5.59. The van der Waals surface area contributed by atoms with E-state index < -0.39 is 9.84 Å². The quantitative estimate of drug-likeness (QED) is 0.932. The number of nitrogens with one attached hydrogen (secondary N) is 1. The number of aryl methyl sites for hydroxylation is 1. The predicted molar refractivity (Wildman–Crippen MR) is 84.3 cm³/mol. The third kappa shape index (κ3) is 2.93. The molecule has 1 N–H and O–H groups in total. The molecule has 0 radical (unpaired) electrons. The highest BCUT2D eigenvalue weighted by molar-refractivity contribution is 7.91. The molecule has 2 aromatic rings. The Kier molecular flexibility index (Phi) is 3.94. The van der Waals surface area contributed by atoms with Crippen LogP contribution in [0.5, 0.6) is 0 Å². The molecule has 1 fully saturated rings. The van der Waals surface area contributed by atoms with E-state index in [2.05, 4.69) is 14.9 Å². The number of hydrogen-bond donors (Lipinski definition) is 1. The lowest BCUT2D eigenvalue weighted by Crippen LogP contribution is -2.30. The van der Waals surface area contributed by atoms with Gasteiger partial charge in [-0.2, -0.15) is 0 Å². The van der Waals surface area contributed by atoms with Gasteiger partial charge in [0, 0.05) is 12.6 Å². The topological polar surface area (TPSA) is 64.0 Å². The van der Waals surface area contributed by atoms with Crippen molar-refractivity contribution >= 4 is 32.5 Å². The fourth-order valence-electron chi connectivity index (χ4n) is 2.86. The van der Waals surface area contributed by atoms with E-state index >= 15 is 0 Å². The minimum Gasteiger partial charge on any atom is -0.326 e. The molecule has 2 heterocycles. The molecule has 0 bridgehead atoms. The zero-order valence-corrected chi connectivity index (χ0v) is 13.4. The number of fused-ring (bicyclic) bond motifs is 1. The molecule has 5 nitrogen and oxygen atoms in total. The molecule has 1 saturated heterocycles. The summed E-state index contributed by atoms with van der Waals surface area (Å²) in [5.74, 6) is 1.39. The van der Waals surface area contributed by atoms with Crippen LogP contribution in [0.1, 0.15) is 19.2 Å². The minimum atomic E-state index is -2.86. The molecule has 0 aliphatic carbocycles. The van der Waals surface area contributed by atoms with Crippen molar-refractivity contribution in [2.75, 3.05) is 11.5 Å². The van der Waals surface area contributed by atoms with Crippen molar-refractivity contribution in [1.29, 1.82) is 0 Å². The summed E-state index contributed by atoms with van der Waals surface area (Å²) >= 11 is 6.26. The zero-order valence-electron chi connectivity index (χ0n) is 11.8. The van der Waals surface area contributed by atoms with Gasteiger partial charge >= 0.3 is 0 Å². The predicted octanol–water partition coefficient (Wildman–Crippen LogP) is 1.99. The number of rotatable bonds is 4. The number of aromatic nitrogens is 2. The number of para-hydroxylation sites is 1. The largest absolute Gasteiger partial charge is 0.326 e. The van der Waals surface area contributed by atoms with Crippen LogP contribution in [-0.4, -0.2) is 35.5 Å². The Morgan fingerprint density at radius 3 is 2.95 bits per heavy atom. The normalized spacial score (nSPS) is 21.1. The Balaban J connectivity index is 1.83. The first-order chi connectivity index (χ1) is 10.00. The summed E-state index contributed by atoms with van der Waals surface area (Å²) in [6.45, 7) is 3.38. The van der Waals surface area contributed by atoms with E-state index in [1.54, 1.807) is 0 Å². The van der Waals surface area contributed by atoms with E-state index in [0.29, 0.717) is 18.0 Å². The van der Waals surface area contributed by atoms with E-state index in [-0.39, 0.29) is 17.5 Å². The third-order valence-corrected chi connectivity index (χ3v) is 5.97. The van der Waals surface area contributed by atoms with Crippen LogP contribution in [0, 0.1) is 0 Å². The van der Waals surface area contributed by atoms with Crippen molar-refractivity contribution < 1.29 is 8.42 Å². The minimum absolute atomic E-state index is 0.0237. The Morgan fingerprint density at radius 2 is 2.29 bits per heavy atom. The number of halogens is 1. The number of sulfone groups is 1. The maximum atomic E-state index is 11.5. The smallest absolute Gasteiger partial charge is 0.151 e. The maximum Gasteiger partial charge on any atom is 0.151 e. The van der Waals surface area contributed by atoms with Gasteiger partial charge in [-0.15, -0.1) is 0 Å². The van der Waals surface area contributed by atoms with Crippen molar-refractivity contribution in [3.8, 4) is 0 Å². The monoisotopic (exact) mass is 327 g/mol. The van der Waals surface area contributed by atoms with Crippen LogP contribution >= 0.6 is 11.6 Å². The van der Waals surface area contributed by atoms with Crippen molar-refractivity contribution in [1.82, 2.24) is 14.9 Å². The number of benzene rings is 1. The Morgan fingerprint density at radius 1 is 1.48 bits per heavy atom. The molecule has 0 amide bonds. The summed E-state index contributed by atoms with van der Waals surface area (Å²) in [5.41, 5.74) is 1.82. The van der Waals surface area contributed by atoms with E-state index in [1.807, 2.05) is 25.1 Å². The summed E-state index contributed by atoms with van der Waals surface area (Å²) in [4.78, 5) is 4.61. The Labute approximate surface area is 129 Å². The molecule has 1 aromatic heterocycles. The van der Waals surface area contributed by atoms with Crippen LogP contribution in [0.15, 0.2) is 18.2 Å². The fourth-order valence-corrected chi connectivity index (χ4v) is 4.84. The number of hydrogen-bond acceptors (Lipinski definition) is 4. The maximum absolute atomic E-state index is 11.5. The molecule has 114 valence electrons. The molecule has 7 heteroatoms. The molecule has 1 atom stereocenters. The first-order valence-corrected chi connectivity index (χ1v) is 9.27. The van der Waals surface area contributed by atoms with Crippen LogP contribution in [0.2, 0.25) is 5.02 Å². The lowest BCUT2D eigenvalue weighted by Gasteiger charge is -2.11. The molecule has 1 aromatic carbocycles. The molecule has 1 unspecified atom stereocenters.